The first kappa shape index (κ1) is 24.5. The lowest BCUT2D eigenvalue weighted by Crippen LogP contribution is -2.49. The quantitative estimate of drug-likeness (QED) is 0.589. The van der Waals surface area contributed by atoms with E-state index < -0.39 is 22.6 Å². The Labute approximate surface area is 189 Å². The molecule has 1 aromatic rings. The average molecular weight is 469 g/mol. The minimum Gasteiger partial charge on any atom is -0.495 e. The van der Waals surface area contributed by atoms with Crippen molar-refractivity contribution >= 4 is 21.9 Å². The zero-order chi connectivity index (χ0) is 23.3. The molecular weight excluding hydrogens is 436 g/mol. The summed E-state index contributed by atoms with van der Waals surface area (Å²) in [5.41, 5.74) is 0.0516. The second kappa shape index (κ2) is 10.6. The van der Waals surface area contributed by atoms with Gasteiger partial charge in [0.2, 0.25) is 10.0 Å². The Kier molecular flexibility index (Phi) is 8.13. The summed E-state index contributed by atoms with van der Waals surface area (Å²) in [6, 6.07) is 4.14. The molecule has 2 aliphatic rings. The molecule has 2 heterocycles. The zero-order valence-electron chi connectivity index (χ0n) is 18.9. The lowest BCUT2D eigenvalue weighted by molar-refractivity contribution is -0.146. The predicted molar refractivity (Wildman–Crippen MR) is 117 cm³/mol. The maximum atomic E-state index is 13.2. The van der Waals surface area contributed by atoms with Crippen molar-refractivity contribution in [3.05, 3.63) is 23.8 Å². The lowest BCUT2D eigenvalue weighted by Gasteiger charge is -2.35. The molecule has 0 aromatic heterocycles. The Balaban J connectivity index is 1.72. The number of esters is 1. The van der Waals surface area contributed by atoms with Crippen LogP contribution in [0.25, 0.3) is 0 Å². The van der Waals surface area contributed by atoms with E-state index in [1.54, 1.807) is 4.90 Å². The van der Waals surface area contributed by atoms with Gasteiger partial charge in [0.05, 0.1) is 24.9 Å². The molecule has 10 heteroatoms. The number of morpholine rings is 1. The number of carbonyl (C=O) groups is 2. The highest BCUT2D eigenvalue weighted by molar-refractivity contribution is 7.89. The fourth-order valence-electron chi connectivity index (χ4n) is 4.11. The van der Waals surface area contributed by atoms with Crippen molar-refractivity contribution in [3.8, 4) is 5.75 Å². The summed E-state index contributed by atoms with van der Waals surface area (Å²) in [5.74, 6) is -0.910. The van der Waals surface area contributed by atoms with Gasteiger partial charge in [-0.05, 0) is 44.9 Å². The maximum Gasteiger partial charge on any atom is 0.338 e. The summed E-state index contributed by atoms with van der Waals surface area (Å²) in [4.78, 5) is 26.6. The fourth-order valence-corrected chi connectivity index (χ4v) is 5.81. The summed E-state index contributed by atoms with van der Waals surface area (Å²) >= 11 is 0. The van der Waals surface area contributed by atoms with Crippen LogP contribution >= 0.6 is 0 Å². The molecule has 2 atom stereocenters. The van der Waals surface area contributed by atoms with Gasteiger partial charge in [0.15, 0.2) is 6.61 Å². The largest absolute Gasteiger partial charge is 0.495 e. The second-order valence-corrected chi connectivity index (χ2v) is 10.2. The zero-order valence-corrected chi connectivity index (χ0v) is 19.7. The number of rotatable bonds is 6. The molecule has 1 amide bonds. The first-order valence-electron chi connectivity index (χ1n) is 11.0. The standard InChI is InChI=1S/C22H32N2O7S/c1-16-13-23(14-17(2)31-16)21(25)15-30-22(26)18-8-9-19(29-3)20(12-18)32(27,28)24-10-6-4-5-7-11-24/h8-9,12,16-17H,4-7,10-11,13-15H2,1-3H3. The van der Waals surface area contributed by atoms with E-state index in [4.69, 9.17) is 14.2 Å². The Morgan fingerprint density at radius 1 is 1.06 bits per heavy atom. The molecule has 0 radical (unpaired) electrons. The highest BCUT2D eigenvalue weighted by atomic mass is 32.2. The summed E-state index contributed by atoms with van der Waals surface area (Å²) in [6.45, 7) is 5.08. The van der Waals surface area contributed by atoms with Crippen molar-refractivity contribution in [2.24, 2.45) is 0 Å². The van der Waals surface area contributed by atoms with Crippen LogP contribution in [0.4, 0.5) is 0 Å². The van der Waals surface area contributed by atoms with E-state index in [-0.39, 0.29) is 34.3 Å². The van der Waals surface area contributed by atoms with Gasteiger partial charge in [0, 0.05) is 26.2 Å². The minimum absolute atomic E-state index is 0.0516. The molecule has 0 spiro atoms. The highest BCUT2D eigenvalue weighted by Gasteiger charge is 2.30. The third kappa shape index (κ3) is 5.79. The number of ether oxygens (including phenoxy) is 3. The molecular formula is C22H32N2O7S. The van der Waals surface area contributed by atoms with Crippen molar-refractivity contribution < 1.29 is 32.2 Å². The van der Waals surface area contributed by atoms with Gasteiger partial charge in [-0.2, -0.15) is 4.31 Å². The van der Waals surface area contributed by atoms with Crippen LogP contribution in [0.15, 0.2) is 23.1 Å². The number of methoxy groups -OCH3 is 1. The average Bonchev–Trinajstić information content (AvgIpc) is 3.06. The first-order chi connectivity index (χ1) is 15.2. The van der Waals surface area contributed by atoms with Crippen LogP contribution in [-0.2, 0) is 24.3 Å². The van der Waals surface area contributed by atoms with Gasteiger partial charge in [-0.15, -0.1) is 0 Å². The van der Waals surface area contributed by atoms with Gasteiger partial charge < -0.3 is 19.1 Å². The summed E-state index contributed by atoms with van der Waals surface area (Å²) < 4.78 is 44.0. The van der Waals surface area contributed by atoms with Crippen LogP contribution in [0.5, 0.6) is 5.75 Å². The molecule has 9 nitrogen and oxygen atoms in total. The molecule has 178 valence electrons. The monoisotopic (exact) mass is 468 g/mol. The predicted octanol–water partition coefficient (Wildman–Crippen LogP) is 2.05. The molecule has 2 unspecified atom stereocenters. The van der Waals surface area contributed by atoms with Gasteiger partial charge in [-0.3, -0.25) is 4.79 Å². The Bertz CT molecular complexity index is 916. The second-order valence-electron chi connectivity index (χ2n) is 8.32. The SMILES string of the molecule is COc1ccc(C(=O)OCC(=O)N2CC(C)OC(C)C2)cc1S(=O)(=O)N1CCCCCC1. The van der Waals surface area contributed by atoms with Gasteiger partial charge >= 0.3 is 5.97 Å². The van der Waals surface area contributed by atoms with E-state index in [1.807, 2.05) is 13.8 Å². The molecule has 3 rings (SSSR count). The number of nitrogens with zero attached hydrogens (tertiary/aromatic N) is 2. The van der Waals surface area contributed by atoms with Gasteiger partial charge in [-0.25, -0.2) is 13.2 Å². The number of sulfonamides is 1. The van der Waals surface area contributed by atoms with Gasteiger partial charge in [-0.1, -0.05) is 12.8 Å². The van der Waals surface area contributed by atoms with Crippen molar-refractivity contribution in [2.75, 3.05) is 39.9 Å². The topological polar surface area (TPSA) is 102 Å². The van der Waals surface area contributed by atoms with Crippen molar-refractivity contribution in [3.63, 3.8) is 0 Å². The van der Waals surface area contributed by atoms with Crippen LogP contribution in [0, 0.1) is 0 Å². The number of amides is 1. The molecule has 1 aromatic carbocycles. The molecule has 0 aliphatic carbocycles. The van der Waals surface area contributed by atoms with E-state index in [9.17, 15) is 18.0 Å². The molecule has 0 saturated carbocycles. The fraction of sp³-hybridized carbons (Fsp3) is 0.636. The number of hydrogen-bond acceptors (Lipinski definition) is 7. The van der Waals surface area contributed by atoms with E-state index in [0.29, 0.717) is 26.2 Å². The summed E-state index contributed by atoms with van der Waals surface area (Å²) in [5, 5.41) is 0. The molecule has 2 fully saturated rings. The molecule has 0 N–H and O–H groups in total. The number of carbonyl (C=O) groups excluding carboxylic acids is 2. The molecule has 2 saturated heterocycles. The summed E-state index contributed by atoms with van der Waals surface area (Å²) in [7, 11) is -2.45. The third-order valence-corrected chi connectivity index (χ3v) is 7.60. The Morgan fingerprint density at radius 2 is 1.69 bits per heavy atom. The Hall–Kier alpha value is -2.17. The summed E-state index contributed by atoms with van der Waals surface area (Å²) in [6.07, 6.45) is 3.39. The van der Waals surface area contributed by atoms with E-state index >= 15 is 0 Å². The van der Waals surface area contributed by atoms with Crippen LogP contribution in [-0.4, -0.2) is 81.6 Å². The van der Waals surface area contributed by atoms with Crippen LogP contribution in [0.3, 0.4) is 0 Å². The van der Waals surface area contributed by atoms with Crippen LogP contribution < -0.4 is 4.74 Å². The van der Waals surface area contributed by atoms with E-state index in [2.05, 4.69) is 0 Å². The highest BCUT2D eigenvalue weighted by Crippen LogP contribution is 2.29. The van der Waals surface area contributed by atoms with Crippen LogP contribution in [0.1, 0.15) is 49.9 Å². The Morgan fingerprint density at radius 3 is 2.28 bits per heavy atom. The first-order valence-corrected chi connectivity index (χ1v) is 12.4. The maximum absolute atomic E-state index is 13.2. The van der Waals surface area contributed by atoms with Gasteiger partial charge in [0.1, 0.15) is 10.6 Å². The van der Waals surface area contributed by atoms with Gasteiger partial charge in [0.25, 0.3) is 5.91 Å². The third-order valence-electron chi connectivity index (χ3n) is 5.68. The van der Waals surface area contributed by atoms with Crippen LogP contribution in [0.2, 0.25) is 0 Å². The number of benzene rings is 1. The molecule has 0 bridgehead atoms. The van der Waals surface area contributed by atoms with E-state index in [1.165, 1.54) is 29.6 Å². The molecule has 2 aliphatic heterocycles. The normalized spacial score (nSPS) is 22.8. The minimum atomic E-state index is -3.83. The van der Waals surface area contributed by atoms with Crippen molar-refractivity contribution in [1.82, 2.24) is 9.21 Å². The number of hydrogen-bond donors (Lipinski definition) is 0. The van der Waals surface area contributed by atoms with Crippen molar-refractivity contribution in [2.45, 2.75) is 56.6 Å². The van der Waals surface area contributed by atoms with E-state index in [0.717, 1.165) is 25.7 Å². The molecule has 32 heavy (non-hydrogen) atoms. The van der Waals surface area contributed by atoms with Crippen molar-refractivity contribution in [1.29, 1.82) is 0 Å². The lowest BCUT2D eigenvalue weighted by atomic mass is 10.2. The smallest absolute Gasteiger partial charge is 0.338 e.